The highest BCUT2D eigenvalue weighted by atomic mass is 16.5. The molecule has 0 fully saturated rings. The Hall–Kier alpha value is -1.20. The van der Waals surface area contributed by atoms with Crippen LogP contribution in [0.15, 0.2) is 12.1 Å². The molecular formula is C8H13N3O2. The number of ether oxygens (including phenoxy) is 1. The van der Waals surface area contributed by atoms with E-state index >= 15 is 0 Å². The molecule has 0 amide bonds. The minimum atomic E-state index is -0.0780. The van der Waals surface area contributed by atoms with E-state index in [1.54, 1.807) is 19.2 Å². The number of aromatic nitrogens is 2. The minimum Gasteiger partial charge on any atom is -0.390 e. The quantitative estimate of drug-likeness (QED) is 0.630. The van der Waals surface area contributed by atoms with Crippen LogP contribution in [0.3, 0.4) is 0 Å². The van der Waals surface area contributed by atoms with Crippen LogP contribution in [0.25, 0.3) is 0 Å². The number of hydrogen-bond donors (Lipinski definition) is 2. The van der Waals surface area contributed by atoms with E-state index in [0.29, 0.717) is 24.7 Å². The summed E-state index contributed by atoms with van der Waals surface area (Å²) in [4.78, 5) is 0. The Bertz CT molecular complexity index is 238. The summed E-state index contributed by atoms with van der Waals surface area (Å²) in [5, 5.41) is 19.3. The van der Waals surface area contributed by atoms with Gasteiger partial charge in [0.15, 0.2) is 0 Å². The summed E-state index contributed by atoms with van der Waals surface area (Å²) < 4.78 is 4.86. The van der Waals surface area contributed by atoms with E-state index in [4.69, 9.17) is 9.84 Å². The molecule has 0 aliphatic heterocycles. The topological polar surface area (TPSA) is 67.3 Å². The second-order valence-electron chi connectivity index (χ2n) is 2.49. The normalized spacial score (nSPS) is 10.0. The Morgan fingerprint density at radius 2 is 2.31 bits per heavy atom. The highest BCUT2D eigenvalue weighted by Crippen LogP contribution is 2.00. The third-order valence-electron chi connectivity index (χ3n) is 1.49. The van der Waals surface area contributed by atoms with Crippen LogP contribution in [-0.4, -0.2) is 35.6 Å². The van der Waals surface area contributed by atoms with Gasteiger partial charge in [-0.25, -0.2) is 0 Å². The van der Waals surface area contributed by atoms with Crippen molar-refractivity contribution >= 4 is 5.82 Å². The van der Waals surface area contributed by atoms with E-state index in [2.05, 4.69) is 15.5 Å². The molecule has 0 saturated carbocycles. The summed E-state index contributed by atoms with van der Waals surface area (Å²) in [5.41, 5.74) is 0.567. The van der Waals surface area contributed by atoms with Gasteiger partial charge < -0.3 is 15.2 Å². The molecule has 0 radical (unpaired) electrons. The second-order valence-corrected chi connectivity index (χ2v) is 2.49. The molecule has 0 aromatic carbocycles. The maximum Gasteiger partial charge on any atom is 0.148 e. The van der Waals surface area contributed by atoms with E-state index in [0.717, 1.165) is 0 Å². The maximum atomic E-state index is 8.70. The molecule has 72 valence electrons. The first-order valence-electron chi connectivity index (χ1n) is 4.03. The van der Waals surface area contributed by atoms with Gasteiger partial charge in [-0.2, -0.15) is 5.10 Å². The molecule has 1 heterocycles. The maximum absolute atomic E-state index is 8.70. The van der Waals surface area contributed by atoms with Crippen molar-refractivity contribution in [2.45, 2.75) is 6.61 Å². The van der Waals surface area contributed by atoms with E-state index in [-0.39, 0.29) is 6.61 Å². The van der Waals surface area contributed by atoms with Gasteiger partial charge >= 0.3 is 0 Å². The van der Waals surface area contributed by atoms with Gasteiger partial charge in [0.2, 0.25) is 0 Å². The largest absolute Gasteiger partial charge is 0.390 e. The fourth-order valence-corrected chi connectivity index (χ4v) is 0.820. The molecule has 0 aliphatic rings. The average molecular weight is 183 g/mol. The van der Waals surface area contributed by atoms with Crippen molar-refractivity contribution in [3.05, 3.63) is 17.8 Å². The predicted octanol–water partition coefficient (Wildman–Crippen LogP) is 0.0272. The van der Waals surface area contributed by atoms with Crippen LogP contribution < -0.4 is 5.32 Å². The molecule has 1 aromatic heterocycles. The monoisotopic (exact) mass is 183 g/mol. The third-order valence-corrected chi connectivity index (χ3v) is 1.49. The molecule has 0 spiro atoms. The van der Waals surface area contributed by atoms with Crippen LogP contribution in [0.4, 0.5) is 5.82 Å². The highest BCUT2D eigenvalue weighted by molar-refractivity contribution is 5.32. The highest BCUT2D eigenvalue weighted by Gasteiger charge is 1.94. The zero-order chi connectivity index (χ0) is 9.52. The van der Waals surface area contributed by atoms with E-state index in [1.807, 2.05) is 0 Å². The number of rotatable bonds is 5. The molecule has 5 nitrogen and oxygen atoms in total. The number of aliphatic hydroxyl groups is 1. The molecule has 0 aliphatic carbocycles. The first kappa shape index (κ1) is 9.88. The first-order valence-corrected chi connectivity index (χ1v) is 4.03. The van der Waals surface area contributed by atoms with Gasteiger partial charge in [0.25, 0.3) is 0 Å². The molecular weight excluding hydrogens is 170 g/mol. The van der Waals surface area contributed by atoms with E-state index in [1.165, 1.54) is 0 Å². The van der Waals surface area contributed by atoms with Gasteiger partial charge in [0, 0.05) is 13.7 Å². The van der Waals surface area contributed by atoms with Gasteiger partial charge in [-0.1, -0.05) is 0 Å². The second kappa shape index (κ2) is 5.45. The SMILES string of the molecule is COCCNc1ccc(CO)nn1. The Balaban J connectivity index is 2.40. The lowest BCUT2D eigenvalue weighted by Gasteiger charge is -2.03. The minimum absolute atomic E-state index is 0.0780. The van der Waals surface area contributed by atoms with Crippen LogP contribution in [0.1, 0.15) is 5.69 Å². The lowest BCUT2D eigenvalue weighted by Crippen LogP contribution is -2.09. The summed E-state index contributed by atoms with van der Waals surface area (Å²) >= 11 is 0. The van der Waals surface area contributed by atoms with Gasteiger partial charge in [-0.05, 0) is 12.1 Å². The van der Waals surface area contributed by atoms with Crippen molar-refractivity contribution in [1.29, 1.82) is 0 Å². The lowest BCUT2D eigenvalue weighted by molar-refractivity contribution is 0.210. The zero-order valence-corrected chi connectivity index (χ0v) is 7.53. The van der Waals surface area contributed by atoms with Crippen LogP contribution in [0.2, 0.25) is 0 Å². The summed E-state index contributed by atoms with van der Waals surface area (Å²) in [6.45, 7) is 1.25. The summed E-state index contributed by atoms with van der Waals surface area (Å²) in [6, 6.07) is 3.50. The molecule has 0 saturated heterocycles. The molecule has 2 N–H and O–H groups in total. The van der Waals surface area contributed by atoms with Gasteiger partial charge in [-0.15, -0.1) is 5.10 Å². The number of hydrogen-bond acceptors (Lipinski definition) is 5. The van der Waals surface area contributed by atoms with Gasteiger partial charge in [-0.3, -0.25) is 0 Å². The molecule has 5 heteroatoms. The van der Waals surface area contributed by atoms with E-state index < -0.39 is 0 Å². The average Bonchev–Trinajstić information content (AvgIpc) is 2.19. The Labute approximate surface area is 76.8 Å². The van der Waals surface area contributed by atoms with Crippen LogP contribution in [-0.2, 0) is 11.3 Å². The molecule has 0 unspecified atom stereocenters. The number of nitrogens with zero attached hydrogens (tertiary/aromatic N) is 2. The summed E-state index contributed by atoms with van der Waals surface area (Å²) in [5.74, 6) is 0.689. The first-order chi connectivity index (χ1) is 6.36. The lowest BCUT2D eigenvalue weighted by atomic mass is 10.4. The molecule has 13 heavy (non-hydrogen) atoms. The van der Waals surface area contributed by atoms with Crippen molar-refractivity contribution < 1.29 is 9.84 Å². The van der Waals surface area contributed by atoms with Crippen molar-refractivity contribution in [3.8, 4) is 0 Å². The zero-order valence-electron chi connectivity index (χ0n) is 7.53. The van der Waals surface area contributed by atoms with Crippen LogP contribution in [0.5, 0.6) is 0 Å². The van der Waals surface area contributed by atoms with Crippen LogP contribution >= 0.6 is 0 Å². The predicted molar refractivity (Wildman–Crippen MR) is 48.3 cm³/mol. The number of nitrogens with one attached hydrogen (secondary N) is 1. The van der Waals surface area contributed by atoms with Crippen molar-refractivity contribution in [1.82, 2.24) is 10.2 Å². The van der Waals surface area contributed by atoms with Gasteiger partial charge in [0.1, 0.15) is 5.82 Å². The Morgan fingerprint density at radius 3 is 2.85 bits per heavy atom. The smallest absolute Gasteiger partial charge is 0.148 e. The number of methoxy groups -OCH3 is 1. The Morgan fingerprint density at radius 1 is 1.46 bits per heavy atom. The number of aliphatic hydroxyl groups excluding tert-OH is 1. The van der Waals surface area contributed by atoms with Crippen molar-refractivity contribution in [2.24, 2.45) is 0 Å². The molecule has 0 bridgehead atoms. The molecule has 0 atom stereocenters. The fourth-order valence-electron chi connectivity index (χ4n) is 0.820. The number of anilines is 1. The Kier molecular flexibility index (Phi) is 4.14. The fraction of sp³-hybridized carbons (Fsp3) is 0.500. The van der Waals surface area contributed by atoms with Crippen molar-refractivity contribution in [2.75, 3.05) is 25.6 Å². The summed E-state index contributed by atoms with van der Waals surface area (Å²) in [6.07, 6.45) is 0. The summed E-state index contributed by atoms with van der Waals surface area (Å²) in [7, 11) is 1.64. The van der Waals surface area contributed by atoms with Crippen LogP contribution in [0, 0.1) is 0 Å². The molecule has 1 aromatic rings. The molecule has 1 rings (SSSR count). The third kappa shape index (κ3) is 3.35. The standard InChI is InChI=1S/C8H13N3O2/c1-13-5-4-9-8-3-2-7(6-12)10-11-8/h2-3,12H,4-6H2,1H3,(H,9,11). The van der Waals surface area contributed by atoms with Gasteiger partial charge in [0.05, 0.1) is 18.9 Å². The van der Waals surface area contributed by atoms with E-state index in [9.17, 15) is 0 Å². The van der Waals surface area contributed by atoms with Crippen molar-refractivity contribution in [3.63, 3.8) is 0 Å².